The lowest BCUT2D eigenvalue weighted by molar-refractivity contribution is 1.54. The molecule has 9 rings (SSSR count). The summed E-state index contributed by atoms with van der Waals surface area (Å²) in [4.78, 5) is 0. The molecule has 0 aromatic heterocycles. The molecule has 0 heterocycles. The third-order valence-corrected chi connectivity index (χ3v) is 10.2. The summed E-state index contributed by atoms with van der Waals surface area (Å²) in [5.41, 5.74) is 17.0. The summed E-state index contributed by atoms with van der Waals surface area (Å²) in [6.45, 7) is 0. The molecule has 0 radical (unpaired) electrons. The molecule has 0 fully saturated rings. The normalized spacial score (nSPS) is 11.1. The minimum Gasteiger partial charge on any atom is -0.0622 e. The number of benzene rings is 9. The molecule has 0 bridgehead atoms. The van der Waals surface area contributed by atoms with E-state index in [9.17, 15) is 0 Å². The molecule has 0 unspecified atom stereocenters. The molecule has 0 heteroatoms. The molecule has 52 heavy (non-hydrogen) atoms. The summed E-state index contributed by atoms with van der Waals surface area (Å²) >= 11 is 0. The average Bonchev–Trinajstić information content (AvgIpc) is 3.24. The highest BCUT2D eigenvalue weighted by molar-refractivity contribution is 5.99. The molecule has 0 amide bonds. The largest absolute Gasteiger partial charge is 0.0622 e. The molecular weight excluding hydrogens is 625 g/mol. The maximum atomic E-state index is 2.36. The van der Waals surface area contributed by atoms with E-state index in [0.29, 0.717) is 0 Å². The van der Waals surface area contributed by atoms with Crippen molar-refractivity contribution in [3.05, 3.63) is 218 Å². The van der Waals surface area contributed by atoms with Gasteiger partial charge in [0.25, 0.3) is 0 Å². The van der Waals surface area contributed by atoms with Gasteiger partial charge in [0.15, 0.2) is 0 Å². The van der Waals surface area contributed by atoms with E-state index in [2.05, 4.69) is 218 Å². The SMILES string of the molecule is c1ccc(-c2ccc(-c3ccc(-c4ccccc4-c4ccccc4-c4ccc(-c5cccc6ccccc56)cc4)c(-c4ccccc4)c3)cc2)cc1. The predicted molar refractivity (Wildman–Crippen MR) is 222 cm³/mol. The Hall–Kier alpha value is -6.76. The van der Waals surface area contributed by atoms with Gasteiger partial charge in [0.2, 0.25) is 0 Å². The summed E-state index contributed by atoms with van der Waals surface area (Å²) < 4.78 is 0. The molecule has 0 aliphatic heterocycles. The average molecular weight is 661 g/mol. The fraction of sp³-hybridized carbons (Fsp3) is 0. The van der Waals surface area contributed by atoms with Crippen LogP contribution >= 0.6 is 0 Å². The number of hydrogen-bond donors (Lipinski definition) is 0. The molecule has 244 valence electrons. The van der Waals surface area contributed by atoms with E-state index in [1.54, 1.807) is 0 Å². The minimum absolute atomic E-state index is 1.20. The fourth-order valence-corrected chi connectivity index (χ4v) is 7.53. The van der Waals surface area contributed by atoms with Crippen molar-refractivity contribution in [3.63, 3.8) is 0 Å². The molecule has 0 aliphatic carbocycles. The second kappa shape index (κ2) is 13.9. The van der Waals surface area contributed by atoms with Crippen LogP contribution in [0.5, 0.6) is 0 Å². The third kappa shape index (κ3) is 6.02. The zero-order valence-corrected chi connectivity index (χ0v) is 28.8. The quantitative estimate of drug-likeness (QED) is 0.160. The Bertz CT molecular complexity index is 2630. The van der Waals surface area contributed by atoms with Crippen molar-refractivity contribution < 1.29 is 0 Å². The van der Waals surface area contributed by atoms with Crippen LogP contribution in [0.3, 0.4) is 0 Å². The first-order chi connectivity index (χ1) is 25.8. The van der Waals surface area contributed by atoms with E-state index in [4.69, 9.17) is 0 Å². The first-order valence-electron chi connectivity index (χ1n) is 17.9. The van der Waals surface area contributed by atoms with E-state index < -0.39 is 0 Å². The molecule has 0 N–H and O–H groups in total. The van der Waals surface area contributed by atoms with Crippen LogP contribution < -0.4 is 0 Å². The van der Waals surface area contributed by atoms with Gasteiger partial charge in [-0.15, -0.1) is 0 Å². The van der Waals surface area contributed by atoms with Crippen LogP contribution in [0.15, 0.2) is 218 Å². The van der Waals surface area contributed by atoms with E-state index in [1.165, 1.54) is 88.7 Å². The Kier molecular flexibility index (Phi) is 8.33. The van der Waals surface area contributed by atoms with Crippen molar-refractivity contribution in [1.82, 2.24) is 0 Å². The fourth-order valence-electron chi connectivity index (χ4n) is 7.53. The van der Waals surface area contributed by atoms with Crippen LogP contribution in [0.25, 0.3) is 88.7 Å². The standard InChI is InChI=1S/C52H36/c1-3-14-37(15-4-1)38-26-28-39(29-27-38)44-34-35-51(52(36-44)41-16-5-2-6-17-41)50-24-12-11-23-49(50)48-22-10-9-21-47(48)43-32-30-42(31-33-43)46-25-13-19-40-18-7-8-20-45(40)46/h1-36H. The highest BCUT2D eigenvalue weighted by atomic mass is 14.2. The molecule has 0 atom stereocenters. The molecule has 0 spiro atoms. The van der Waals surface area contributed by atoms with E-state index in [0.717, 1.165) is 0 Å². The summed E-state index contributed by atoms with van der Waals surface area (Å²) in [5.74, 6) is 0. The molecule has 9 aromatic carbocycles. The van der Waals surface area contributed by atoms with E-state index >= 15 is 0 Å². The highest BCUT2D eigenvalue weighted by Gasteiger charge is 2.17. The van der Waals surface area contributed by atoms with Crippen LogP contribution in [-0.4, -0.2) is 0 Å². The number of fused-ring (bicyclic) bond motifs is 1. The summed E-state index contributed by atoms with van der Waals surface area (Å²) in [6, 6.07) is 79.1. The first kappa shape index (κ1) is 31.2. The molecule has 0 aliphatic rings. The molecule has 0 nitrogen and oxygen atoms in total. The monoisotopic (exact) mass is 660 g/mol. The minimum atomic E-state index is 1.20. The van der Waals surface area contributed by atoms with Crippen LogP contribution in [0.1, 0.15) is 0 Å². The second-order valence-electron chi connectivity index (χ2n) is 13.3. The smallest absolute Gasteiger partial charge is 0.00987 e. The van der Waals surface area contributed by atoms with Crippen molar-refractivity contribution in [2.45, 2.75) is 0 Å². The maximum absolute atomic E-state index is 2.36. The van der Waals surface area contributed by atoms with E-state index in [1.807, 2.05) is 0 Å². The van der Waals surface area contributed by atoms with Crippen LogP contribution in [-0.2, 0) is 0 Å². The third-order valence-electron chi connectivity index (χ3n) is 10.2. The Balaban J connectivity index is 1.12. The first-order valence-corrected chi connectivity index (χ1v) is 17.9. The Labute approximate surface area is 306 Å². The maximum Gasteiger partial charge on any atom is -0.00987 e. The van der Waals surface area contributed by atoms with Crippen molar-refractivity contribution in [1.29, 1.82) is 0 Å². The van der Waals surface area contributed by atoms with Crippen molar-refractivity contribution in [3.8, 4) is 77.9 Å². The molecule has 0 saturated carbocycles. The number of hydrogen-bond acceptors (Lipinski definition) is 0. The van der Waals surface area contributed by atoms with Crippen LogP contribution in [0.2, 0.25) is 0 Å². The van der Waals surface area contributed by atoms with Gasteiger partial charge in [-0.1, -0.05) is 212 Å². The second-order valence-corrected chi connectivity index (χ2v) is 13.3. The van der Waals surface area contributed by atoms with Crippen molar-refractivity contribution in [2.75, 3.05) is 0 Å². The van der Waals surface area contributed by atoms with Gasteiger partial charge in [0.05, 0.1) is 0 Å². The van der Waals surface area contributed by atoms with Crippen LogP contribution in [0, 0.1) is 0 Å². The molecule has 9 aromatic rings. The van der Waals surface area contributed by atoms with Crippen molar-refractivity contribution in [2.24, 2.45) is 0 Å². The molecular formula is C52H36. The van der Waals surface area contributed by atoms with Gasteiger partial charge >= 0.3 is 0 Å². The lowest BCUT2D eigenvalue weighted by Crippen LogP contribution is -1.92. The summed E-state index contributed by atoms with van der Waals surface area (Å²) in [6.07, 6.45) is 0. The predicted octanol–water partition coefficient (Wildman–Crippen LogP) is 14.5. The van der Waals surface area contributed by atoms with Gasteiger partial charge in [-0.2, -0.15) is 0 Å². The zero-order chi connectivity index (χ0) is 34.7. The Morgan fingerprint density at radius 1 is 0.173 bits per heavy atom. The molecule has 0 saturated heterocycles. The summed E-state index contributed by atoms with van der Waals surface area (Å²) in [5, 5.41) is 2.53. The topological polar surface area (TPSA) is 0 Å². The van der Waals surface area contributed by atoms with Gasteiger partial charge in [-0.25, -0.2) is 0 Å². The lowest BCUT2D eigenvalue weighted by Gasteiger charge is -2.18. The van der Waals surface area contributed by atoms with Crippen molar-refractivity contribution >= 4 is 10.8 Å². The summed E-state index contributed by atoms with van der Waals surface area (Å²) in [7, 11) is 0. The van der Waals surface area contributed by atoms with Gasteiger partial charge in [-0.05, 0) is 94.7 Å². The highest BCUT2D eigenvalue weighted by Crippen LogP contribution is 2.43. The van der Waals surface area contributed by atoms with E-state index in [-0.39, 0.29) is 0 Å². The zero-order valence-electron chi connectivity index (χ0n) is 28.8. The van der Waals surface area contributed by atoms with Gasteiger partial charge in [-0.3, -0.25) is 0 Å². The van der Waals surface area contributed by atoms with Gasteiger partial charge in [0.1, 0.15) is 0 Å². The lowest BCUT2D eigenvalue weighted by atomic mass is 9.85. The Morgan fingerprint density at radius 2 is 0.538 bits per heavy atom. The van der Waals surface area contributed by atoms with Crippen LogP contribution in [0.4, 0.5) is 0 Å². The van der Waals surface area contributed by atoms with Gasteiger partial charge < -0.3 is 0 Å². The number of rotatable bonds is 7. The Morgan fingerprint density at radius 3 is 1.19 bits per heavy atom. The van der Waals surface area contributed by atoms with Gasteiger partial charge in [0, 0.05) is 0 Å².